The van der Waals surface area contributed by atoms with Crippen LogP contribution >= 0.6 is 0 Å². The smallest absolute Gasteiger partial charge is 0.373 e. The Hall–Kier alpha value is -2.35. The Morgan fingerprint density at radius 3 is 2.39 bits per heavy atom. The molecule has 0 N–H and O–H groups in total. The fraction of sp³-hybridized carbons (Fsp3) is 0.0625. The molecule has 0 amide bonds. The highest BCUT2D eigenvalue weighted by atomic mass is 16.3. The molecule has 0 bridgehead atoms. The lowest BCUT2D eigenvalue weighted by Gasteiger charge is -1.88. The molecule has 0 spiro atoms. The van der Waals surface area contributed by atoms with E-state index in [0.717, 1.165) is 22.6 Å². The zero-order valence-corrected chi connectivity index (χ0v) is 10.2. The van der Waals surface area contributed by atoms with Gasteiger partial charge in [-0.1, -0.05) is 42.5 Å². The molecule has 2 aromatic carbocycles. The number of aromatic nitrogens is 1. The Balaban J connectivity index is 2.00. The van der Waals surface area contributed by atoms with Crippen molar-refractivity contribution in [3.05, 3.63) is 66.1 Å². The summed E-state index contributed by atoms with van der Waals surface area (Å²) in [6, 6.07) is 18.2. The maximum atomic E-state index is 5.80. The normalized spacial score (nSPS) is 11.4. The van der Waals surface area contributed by atoms with Gasteiger partial charge in [-0.3, -0.25) is 0 Å². The number of aryl methyl sites for hydroxylation is 1. The minimum absolute atomic E-state index is 0.847. The van der Waals surface area contributed by atoms with Crippen molar-refractivity contribution in [3.8, 4) is 0 Å². The average Bonchev–Trinajstić information content (AvgIpc) is 2.75. The first kappa shape index (κ1) is 10.8. The molecule has 88 valence electrons. The van der Waals surface area contributed by atoms with Gasteiger partial charge in [-0.05, 0) is 17.7 Å². The molecule has 18 heavy (non-hydrogen) atoms. The molecule has 3 rings (SSSR count). The first-order valence-corrected chi connectivity index (χ1v) is 5.95. The van der Waals surface area contributed by atoms with Gasteiger partial charge in [0.05, 0.1) is 6.08 Å². The van der Waals surface area contributed by atoms with Gasteiger partial charge in [0, 0.05) is 6.07 Å². The fourth-order valence-electron chi connectivity index (χ4n) is 2.00. The summed E-state index contributed by atoms with van der Waals surface area (Å²) >= 11 is 0. The summed E-state index contributed by atoms with van der Waals surface area (Å²) < 4.78 is 7.85. The van der Waals surface area contributed by atoms with Gasteiger partial charge in [0.1, 0.15) is 7.05 Å². The summed E-state index contributed by atoms with van der Waals surface area (Å²) in [5, 5.41) is 0. The van der Waals surface area contributed by atoms with Crippen LogP contribution in [0.5, 0.6) is 0 Å². The number of rotatable bonds is 2. The van der Waals surface area contributed by atoms with E-state index in [4.69, 9.17) is 4.42 Å². The minimum Gasteiger partial charge on any atom is -0.398 e. The molecular weight excluding hydrogens is 222 g/mol. The number of benzene rings is 2. The quantitative estimate of drug-likeness (QED) is 0.623. The van der Waals surface area contributed by atoms with Crippen molar-refractivity contribution < 1.29 is 8.98 Å². The van der Waals surface area contributed by atoms with Crippen LogP contribution in [0.15, 0.2) is 59.0 Å². The lowest BCUT2D eigenvalue weighted by atomic mass is 10.2. The topological polar surface area (TPSA) is 17.0 Å². The molecule has 0 saturated heterocycles. The van der Waals surface area contributed by atoms with Crippen molar-refractivity contribution in [1.29, 1.82) is 0 Å². The fourth-order valence-corrected chi connectivity index (χ4v) is 2.00. The Kier molecular flexibility index (Phi) is 2.69. The molecule has 0 unspecified atom stereocenters. The lowest BCUT2D eigenvalue weighted by Crippen LogP contribution is -2.29. The standard InChI is InChI=1S/C16H14NO/c1-17-14-9-5-6-10-15(14)18-16(17)12-11-13-7-3-2-4-8-13/h2-12H,1H3/q+1/b12-11+. The Morgan fingerprint density at radius 2 is 1.61 bits per heavy atom. The summed E-state index contributed by atoms with van der Waals surface area (Å²) in [5.74, 6) is 0.847. The molecular formula is C16H14NO+. The number of fused-ring (bicyclic) bond motifs is 1. The molecule has 0 fully saturated rings. The minimum atomic E-state index is 0.847. The number of nitrogens with zero attached hydrogens (tertiary/aromatic N) is 1. The summed E-state index contributed by atoms with van der Waals surface area (Å²) in [6.45, 7) is 0. The monoisotopic (exact) mass is 236 g/mol. The van der Waals surface area contributed by atoms with E-state index in [1.165, 1.54) is 0 Å². The molecule has 0 atom stereocenters. The van der Waals surface area contributed by atoms with E-state index in [2.05, 4.69) is 28.8 Å². The number of hydrogen-bond donors (Lipinski definition) is 0. The summed E-state index contributed by atoms with van der Waals surface area (Å²) in [7, 11) is 2.01. The molecule has 2 nitrogen and oxygen atoms in total. The Bertz CT molecular complexity index is 695. The van der Waals surface area contributed by atoms with E-state index in [0.29, 0.717) is 0 Å². The second kappa shape index (κ2) is 4.49. The SMILES string of the molecule is C[n+]1c(/C=C/c2ccccc2)oc2ccccc21. The van der Waals surface area contributed by atoms with Crippen molar-refractivity contribution >= 4 is 23.3 Å². The van der Waals surface area contributed by atoms with Crippen molar-refractivity contribution in [1.82, 2.24) is 0 Å². The summed E-state index contributed by atoms with van der Waals surface area (Å²) in [5.41, 5.74) is 3.18. The van der Waals surface area contributed by atoms with Crippen LogP contribution in [-0.2, 0) is 7.05 Å². The third-order valence-corrected chi connectivity index (χ3v) is 2.99. The molecule has 3 aromatic rings. The van der Waals surface area contributed by atoms with Crippen molar-refractivity contribution in [2.24, 2.45) is 7.05 Å². The number of oxazole rings is 1. The third-order valence-electron chi connectivity index (χ3n) is 2.99. The Morgan fingerprint density at radius 1 is 0.889 bits per heavy atom. The zero-order chi connectivity index (χ0) is 12.4. The average molecular weight is 236 g/mol. The van der Waals surface area contributed by atoms with Crippen LogP contribution in [0.25, 0.3) is 23.3 Å². The van der Waals surface area contributed by atoms with Crippen LogP contribution in [0, 0.1) is 0 Å². The van der Waals surface area contributed by atoms with Gasteiger partial charge in [-0.25, -0.2) is 0 Å². The maximum Gasteiger partial charge on any atom is 0.373 e. The van der Waals surface area contributed by atoms with Gasteiger partial charge < -0.3 is 4.42 Å². The van der Waals surface area contributed by atoms with Crippen LogP contribution in [0.1, 0.15) is 11.5 Å². The van der Waals surface area contributed by atoms with E-state index in [-0.39, 0.29) is 0 Å². The molecule has 2 heteroatoms. The second-order valence-electron chi connectivity index (χ2n) is 4.21. The van der Waals surface area contributed by atoms with E-state index in [1.807, 2.05) is 49.5 Å². The molecule has 0 aliphatic rings. The van der Waals surface area contributed by atoms with E-state index < -0.39 is 0 Å². The highest BCUT2D eigenvalue weighted by Crippen LogP contribution is 2.14. The van der Waals surface area contributed by atoms with Gasteiger partial charge in [0.15, 0.2) is 0 Å². The van der Waals surface area contributed by atoms with Crippen LogP contribution in [0.4, 0.5) is 0 Å². The van der Waals surface area contributed by atoms with Gasteiger partial charge in [0.25, 0.3) is 5.52 Å². The largest absolute Gasteiger partial charge is 0.398 e. The highest BCUT2D eigenvalue weighted by Gasteiger charge is 2.14. The summed E-state index contributed by atoms with van der Waals surface area (Å²) in [6.07, 6.45) is 4.05. The molecule has 0 saturated carbocycles. The first-order chi connectivity index (χ1) is 8.84. The van der Waals surface area contributed by atoms with Gasteiger partial charge in [-0.15, -0.1) is 0 Å². The highest BCUT2D eigenvalue weighted by molar-refractivity contribution is 5.71. The van der Waals surface area contributed by atoms with Gasteiger partial charge in [-0.2, -0.15) is 4.57 Å². The lowest BCUT2D eigenvalue weighted by molar-refractivity contribution is -0.651. The first-order valence-electron chi connectivity index (χ1n) is 5.95. The predicted octanol–water partition coefficient (Wildman–Crippen LogP) is 3.43. The molecule has 0 aliphatic heterocycles. The molecule has 0 radical (unpaired) electrons. The van der Waals surface area contributed by atoms with E-state index in [1.54, 1.807) is 0 Å². The Labute approximate surface area is 106 Å². The van der Waals surface area contributed by atoms with E-state index in [9.17, 15) is 0 Å². The van der Waals surface area contributed by atoms with Crippen molar-refractivity contribution in [3.63, 3.8) is 0 Å². The van der Waals surface area contributed by atoms with Crippen LogP contribution in [0.2, 0.25) is 0 Å². The molecule has 1 aromatic heterocycles. The predicted molar refractivity (Wildman–Crippen MR) is 72.8 cm³/mol. The molecule has 0 aliphatic carbocycles. The second-order valence-corrected chi connectivity index (χ2v) is 4.21. The third kappa shape index (κ3) is 1.93. The van der Waals surface area contributed by atoms with Crippen LogP contribution in [0.3, 0.4) is 0 Å². The summed E-state index contributed by atoms with van der Waals surface area (Å²) in [4.78, 5) is 0. The van der Waals surface area contributed by atoms with Gasteiger partial charge >= 0.3 is 5.89 Å². The number of hydrogen-bond acceptors (Lipinski definition) is 1. The zero-order valence-electron chi connectivity index (χ0n) is 10.2. The van der Waals surface area contributed by atoms with Crippen LogP contribution < -0.4 is 4.57 Å². The van der Waals surface area contributed by atoms with Crippen LogP contribution in [-0.4, -0.2) is 0 Å². The maximum absolute atomic E-state index is 5.80. The van der Waals surface area contributed by atoms with Gasteiger partial charge in [0.2, 0.25) is 5.58 Å². The molecule has 1 heterocycles. The van der Waals surface area contributed by atoms with E-state index >= 15 is 0 Å². The number of para-hydroxylation sites is 2. The van der Waals surface area contributed by atoms with Crippen molar-refractivity contribution in [2.75, 3.05) is 0 Å². The van der Waals surface area contributed by atoms with Crippen molar-refractivity contribution in [2.45, 2.75) is 0 Å².